The Balaban J connectivity index is 2.74. The van der Waals surface area contributed by atoms with Crippen molar-refractivity contribution in [2.75, 3.05) is 7.11 Å². The van der Waals surface area contributed by atoms with Crippen molar-refractivity contribution in [1.29, 1.82) is 0 Å². The second-order valence-corrected chi connectivity index (χ2v) is 2.10. The number of hydrogen-bond donors (Lipinski definition) is 2. The van der Waals surface area contributed by atoms with Gasteiger partial charge < -0.3 is 4.98 Å². The van der Waals surface area contributed by atoms with E-state index in [0.29, 0.717) is 17.5 Å². The van der Waals surface area contributed by atoms with Gasteiger partial charge in [0.2, 0.25) is 0 Å². The van der Waals surface area contributed by atoms with Gasteiger partial charge in [0.1, 0.15) is 5.69 Å². The van der Waals surface area contributed by atoms with Crippen LogP contribution in [0.2, 0.25) is 0 Å². The molecule has 0 bridgehead atoms. The number of aromatic nitrogens is 1. The number of aromatic amines is 1. The fraction of sp³-hybridized carbons (Fsp3) is 0.143. The molecule has 0 fully saturated rings. The molecule has 1 amide bonds. The molecule has 0 aromatic carbocycles. The summed E-state index contributed by atoms with van der Waals surface area (Å²) in [6.07, 6.45) is 2.09. The van der Waals surface area contributed by atoms with E-state index in [2.05, 4.69) is 15.3 Å². The van der Waals surface area contributed by atoms with Gasteiger partial charge in [-0.05, 0) is 6.07 Å². The van der Waals surface area contributed by atoms with Crippen LogP contribution in [0.3, 0.4) is 0 Å². The fourth-order valence-corrected chi connectivity index (χ4v) is 0.758. The van der Waals surface area contributed by atoms with Crippen molar-refractivity contribution in [1.82, 2.24) is 10.5 Å². The number of aldehydes is 1. The molecule has 0 aliphatic carbocycles. The molecular weight excluding hydrogens is 160 g/mol. The van der Waals surface area contributed by atoms with Crippen molar-refractivity contribution in [3.63, 3.8) is 0 Å². The summed E-state index contributed by atoms with van der Waals surface area (Å²) in [7, 11) is 1.33. The van der Waals surface area contributed by atoms with Crippen LogP contribution in [-0.2, 0) is 4.84 Å². The maximum atomic E-state index is 11.0. The van der Waals surface area contributed by atoms with E-state index in [1.807, 2.05) is 0 Å². The maximum absolute atomic E-state index is 11.0. The zero-order valence-electron chi connectivity index (χ0n) is 6.46. The number of nitrogens with one attached hydrogen (secondary N) is 2. The van der Waals surface area contributed by atoms with Crippen LogP contribution in [0.4, 0.5) is 0 Å². The molecular formula is C7H8N2O3. The van der Waals surface area contributed by atoms with Gasteiger partial charge in [-0.15, -0.1) is 0 Å². The van der Waals surface area contributed by atoms with E-state index in [-0.39, 0.29) is 0 Å². The number of H-pyrrole nitrogens is 1. The van der Waals surface area contributed by atoms with Gasteiger partial charge in [-0.2, -0.15) is 0 Å². The Labute approximate surface area is 68.7 Å². The zero-order chi connectivity index (χ0) is 8.97. The Morgan fingerprint density at radius 1 is 1.75 bits per heavy atom. The van der Waals surface area contributed by atoms with E-state index in [4.69, 9.17) is 0 Å². The van der Waals surface area contributed by atoms with Crippen LogP contribution >= 0.6 is 0 Å². The summed E-state index contributed by atoms with van der Waals surface area (Å²) < 4.78 is 0. The lowest BCUT2D eigenvalue weighted by atomic mass is 10.3. The Kier molecular flexibility index (Phi) is 2.60. The number of hydroxylamine groups is 1. The predicted molar refractivity (Wildman–Crippen MR) is 40.7 cm³/mol. The van der Waals surface area contributed by atoms with E-state index >= 15 is 0 Å². The second kappa shape index (κ2) is 3.68. The molecule has 64 valence electrons. The van der Waals surface area contributed by atoms with Crippen molar-refractivity contribution in [2.24, 2.45) is 0 Å². The molecule has 0 saturated heterocycles. The summed E-state index contributed by atoms with van der Waals surface area (Å²) in [5.74, 6) is -0.411. The standard InChI is InChI=1S/C7H8N2O3/c1-12-9-7(11)6-2-5(4-10)3-8-6/h2-4,8H,1H3,(H,9,11). The van der Waals surface area contributed by atoms with Gasteiger partial charge in [-0.1, -0.05) is 0 Å². The molecule has 12 heavy (non-hydrogen) atoms. The Morgan fingerprint density at radius 3 is 3.00 bits per heavy atom. The highest BCUT2D eigenvalue weighted by Crippen LogP contribution is 1.99. The lowest BCUT2D eigenvalue weighted by Crippen LogP contribution is -2.21. The first-order valence-corrected chi connectivity index (χ1v) is 3.25. The molecule has 5 heteroatoms. The predicted octanol–water partition coefficient (Wildman–Crippen LogP) is 0.118. The third kappa shape index (κ3) is 1.70. The molecule has 1 aromatic heterocycles. The minimum Gasteiger partial charge on any atom is -0.356 e. The number of carbonyl (C=O) groups excluding carboxylic acids is 2. The summed E-state index contributed by atoms with van der Waals surface area (Å²) in [5.41, 5.74) is 2.83. The molecule has 0 aliphatic heterocycles. The first-order valence-electron chi connectivity index (χ1n) is 3.25. The monoisotopic (exact) mass is 168 g/mol. The quantitative estimate of drug-likeness (QED) is 0.497. The van der Waals surface area contributed by atoms with E-state index in [0.717, 1.165) is 0 Å². The zero-order valence-corrected chi connectivity index (χ0v) is 6.46. The number of carbonyl (C=O) groups is 2. The maximum Gasteiger partial charge on any atom is 0.291 e. The Hall–Kier alpha value is -1.62. The average Bonchev–Trinajstić information content (AvgIpc) is 2.52. The van der Waals surface area contributed by atoms with Crippen molar-refractivity contribution in [3.8, 4) is 0 Å². The molecule has 2 N–H and O–H groups in total. The van der Waals surface area contributed by atoms with Crippen LogP contribution < -0.4 is 5.48 Å². The van der Waals surface area contributed by atoms with E-state index in [1.54, 1.807) is 0 Å². The topological polar surface area (TPSA) is 71.2 Å². The number of amides is 1. The third-order valence-electron chi connectivity index (χ3n) is 1.28. The Morgan fingerprint density at radius 2 is 2.50 bits per heavy atom. The summed E-state index contributed by atoms with van der Waals surface area (Å²) in [6, 6.07) is 1.43. The molecule has 0 spiro atoms. The van der Waals surface area contributed by atoms with Crippen LogP contribution in [0.5, 0.6) is 0 Å². The van der Waals surface area contributed by atoms with Gasteiger partial charge in [-0.25, -0.2) is 5.48 Å². The average molecular weight is 168 g/mol. The smallest absolute Gasteiger partial charge is 0.291 e. The van der Waals surface area contributed by atoms with Crippen molar-refractivity contribution in [3.05, 3.63) is 23.5 Å². The molecule has 0 unspecified atom stereocenters. The molecule has 0 saturated carbocycles. The van der Waals surface area contributed by atoms with Crippen molar-refractivity contribution < 1.29 is 14.4 Å². The molecule has 1 heterocycles. The highest BCUT2D eigenvalue weighted by Gasteiger charge is 2.06. The molecule has 0 aliphatic rings. The SMILES string of the molecule is CONC(=O)c1cc(C=O)c[nH]1. The fourth-order valence-electron chi connectivity index (χ4n) is 0.758. The third-order valence-corrected chi connectivity index (χ3v) is 1.28. The van der Waals surface area contributed by atoms with Crippen molar-refractivity contribution in [2.45, 2.75) is 0 Å². The lowest BCUT2D eigenvalue weighted by Gasteiger charge is -1.96. The van der Waals surface area contributed by atoms with Gasteiger partial charge in [0.15, 0.2) is 6.29 Å². The normalized spacial score (nSPS) is 9.42. The number of hydrogen-bond acceptors (Lipinski definition) is 3. The van der Waals surface area contributed by atoms with Crippen LogP contribution in [0.15, 0.2) is 12.3 Å². The lowest BCUT2D eigenvalue weighted by molar-refractivity contribution is 0.0533. The molecule has 1 rings (SSSR count). The van der Waals surface area contributed by atoms with Gasteiger partial charge in [0, 0.05) is 11.8 Å². The van der Waals surface area contributed by atoms with E-state index in [1.165, 1.54) is 19.4 Å². The van der Waals surface area contributed by atoms with E-state index in [9.17, 15) is 9.59 Å². The molecule has 5 nitrogen and oxygen atoms in total. The highest BCUT2D eigenvalue weighted by atomic mass is 16.6. The summed E-state index contributed by atoms with van der Waals surface area (Å²) in [5, 5.41) is 0. The second-order valence-electron chi connectivity index (χ2n) is 2.10. The summed E-state index contributed by atoms with van der Waals surface area (Å²) in [6.45, 7) is 0. The summed E-state index contributed by atoms with van der Waals surface area (Å²) >= 11 is 0. The van der Waals surface area contributed by atoms with Crippen molar-refractivity contribution >= 4 is 12.2 Å². The van der Waals surface area contributed by atoms with E-state index < -0.39 is 5.91 Å². The van der Waals surface area contributed by atoms with Gasteiger partial charge >= 0.3 is 0 Å². The molecule has 0 radical (unpaired) electrons. The van der Waals surface area contributed by atoms with Crippen LogP contribution in [0.25, 0.3) is 0 Å². The van der Waals surface area contributed by atoms with Crippen LogP contribution in [0, 0.1) is 0 Å². The highest BCUT2D eigenvalue weighted by molar-refractivity contribution is 5.93. The minimum absolute atomic E-state index is 0.291. The largest absolute Gasteiger partial charge is 0.356 e. The van der Waals surface area contributed by atoms with Gasteiger partial charge in [0.05, 0.1) is 7.11 Å². The summed E-state index contributed by atoms with van der Waals surface area (Å²) in [4.78, 5) is 28.2. The first kappa shape index (κ1) is 8.48. The Bertz CT molecular complexity index is 293. The molecule has 1 aromatic rings. The van der Waals surface area contributed by atoms with Gasteiger partial charge in [-0.3, -0.25) is 14.4 Å². The van der Waals surface area contributed by atoms with Crippen LogP contribution in [0.1, 0.15) is 20.8 Å². The first-order chi connectivity index (χ1) is 5.77. The van der Waals surface area contributed by atoms with Gasteiger partial charge in [0.25, 0.3) is 5.91 Å². The minimum atomic E-state index is -0.411. The molecule has 0 atom stereocenters. The van der Waals surface area contributed by atoms with Crippen LogP contribution in [-0.4, -0.2) is 24.3 Å². The number of rotatable bonds is 3.